The molecule has 1 atom stereocenters. The van der Waals surface area contributed by atoms with Gasteiger partial charge in [-0.25, -0.2) is 4.79 Å². The van der Waals surface area contributed by atoms with Crippen LogP contribution in [0.25, 0.3) is 21.9 Å². The summed E-state index contributed by atoms with van der Waals surface area (Å²) in [7, 11) is 0. The van der Waals surface area contributed by atoms with Gasteiger partial charge in [-0.1, -0.05) is 96.6 Å². The number of aryl methyl sites for hydroxylation is 2. The van der Waals surface area contributed by atoms with Crippen molar-refractivity contribution in [2.75, 3.05) is 0 Å². The van der Waals surface area contributed by atoms with Gasteiger partial charge in [0.2, 0.25) is 0 Å². The predicted octanol–water partition coefficient (Wildman–Crippen LogP) is 7.52. The lowest BCUT2D eigenvalue weighted by Gasteiger charge is -2.34. The molecule has 1 unspecified atom stereocenters. The molecular formula is C32H24O2. The fourth-order valence-corrected chi connectivity index (χ4v) is 5.81. The molecule has 164 valence electrons. The Morgan fingerprint density at radius 3 is 2.03 bits per heavy atom. The van der Waals surface area contributed by atoms with Gasteiger partial charge in [-0.3, -0.25) is 0 Å². The second kappa shape index (κ2) is 7.43. The number of hydrogen-bond acceptors (Lipinski definition) is 1. The number of hydrogen-bond donors (Lipinski definition) is 1. The second-order valence-corrected chi connectivity index (χ2v) is 9.21. The predicted molar refractivity (Wildman–Crippen MR) is 138 cm³/mol. The summed E-state index contributed by atoms with van der Waals surface area (Å²) in [4.78, 5) is 11.6. The van der Waals surface area contributed by atoms with Crippen molar-refractivity contribution in [1.29, 1.82) is 0 Å². The van der Waals surface area contributed by atoms with Crippen molar-refractivity contribution in [3.05, 3.63) is 142 Å². The van der Waals surface area contributed by atoms with Crippen LogP contribution in [0.2, 0.25) is 0 Å². The molecule has 0 spiro atoms. The summed E-state index contributed by atoms with van der Waals surface area (Å²) in [5.74, 6) is -0.912. The molecule has 0 fully saturated rings. The molecule has 0 aliphatic heterocycles. The number of fused-ring (bicyclic) bond motifs is 5. The molecule has 0 amide bonds. The number of rotatable bonds is 3. The first-order valence-corrected chi connectivity index (χ1v) is 11.6. The Bertz CT molecular complexity index is 1580. The average molecular weight is 441 g/mol. The lowest BCUT2D eigenvalue weighted by molar-refractivity contribution is 0.0697. The monoisotopic (exact) mass is 440 g/mol. The molecule has 0 aromatic heterocycles. The van der Waals surface area contributed by atoms with Gasteiger partial charge < -0.3 is 5.11 Å². The fraction of sp³-hybridized carbons (Fsp3) is 0.0938. The third-order valence-electron chi connectivity index (χ3n) is 7.28. The van der Waals surface area contributed by atoms with Crippen molar-refractivity contribution in [3.8, 4) is 11.1 Å². The van der Waals surface area contributed by atoms with E-state index in [2.05, 4.69) is 86.6 Å². The van der Waals surface area contributed by atoms with E-state index in [1.165, 1.54) is 49.7 Å². The van der Waals surface area contributed by atoms with E-state index < -0.39 is 11.4 Å². The zero-order chi connectivity index (χ0) is 23.4. The van der Waals surface area contributed by atoms with Gasteiger partial charge in [0.1, 0.15) is 0 Å². The number of carboxylic acid groups (broad SMARTS) is 1. The molecule has 0 radical (unpaired) electrons. The van der Waals surface area contributed by atoms with E-state index in [0.717, 1.165) is 5.56 Å². The summed E-state index contributed by atoms with van der Waals surface area (Å²) in [5, 5.41) is 12.0. The first-order chi connectivity index (χ1) is 16.5. The Balaban J connectivity index is 1.82. The van der Waals surface area contributed by atoms with E-state index in [-0.39, 0.29) is 0 Å². The van der Waals surface area contributed by atoms with Crippen LogP contribution in [-0.4, -0.2) is 11.1 Å². The van der Waals surface area contributed by atoms with Gasteiger partial charge in [-0.15, -0.1) is 0 Å². The molecule has 5 aromatic rings. The minimum Gasteiger partial charge on any atom is -0.478 e. The van der Waals surface area contributed by atoms with Crippen LogP contribution in [0.5, 0.6) is 0 Å². The fourth-order valence-electron chi connectivity index (χ4n) is 5.81. The van der Waals surface area contributed by atoms with E-state index in [1.54, 1.807) is 12.1 Å². The van der Waals surface area contributed by atoms with Crippen molar-refractivity contribution >= 4 is 16.7 Å². The number of carboxylic acids is 1. The minimum atomic E-state index is -0.912. The van der Waals surface area contributed by atoms with Gasteiger partial charge in [-0.05, 0) is 75.7 Å². The van der Waals surface area contributed by atoms with Gasteiger partial charge >= 0.3 is 5.97 Å². The molecule has 0 saturated heterocycles. The molecule has 1 aliphatic carbocycles. The van der Waals surface area contributed by atoms with Crippen LogP contribution < -0.4 is 0 Å². The van der Waals surface area contributed by atoms with Gasteiger partial charge in [0.05, 0.1) is 11.0 Å². The van der Waals surface area contributed by atoms with Crippen molar-refractivity contribution < 1.29 is 9.90 Å². The van der Waals surface area contributed by atoms with Crippen LogP contribution >= 0.6 is 0 Å². The first-order valence-electron chi connectivity index (χ1n) is 11.6. The summed E-state index contributed by atoms with van der Waals surface area (Å²) in [6.45, 7) is 4.32. The Hall–Kier alpha value is -4.17. The lowest BCUT2D eigenvalue weighted by atomic mass is 9.67. The molecule has 2 nitrogen and oxygen atoms in total. The Kier molecular flexibility index (Phi) is 4.46. The molecule has 5 aromatic carbocycles. The molecule has 0 bridgehead atoms. The third kappa shape index (κ3) is 2.72. The molecule has 0 heterocycles. The Labute approximate surface area is 199 Å². The quantitative estimate of drug-likeness (QED) is 0.309. The van der Waals surface area contributed by atoms with E-state index in [0.29, 0.717) is 5.56 Å². The number of carbonyl (C=O) groups is 1. The van der Waals surface area contributed by atoms with Gasteiger partial charge in [0, 0.05) is 0 Å². The van der Waals surface area contributed by atoms with Crippen molar-refractivity contribution in [3.63, 3.8) is 0 Å². The van der Waals surface area contributed by atoms with Gasteiger partial charge in [-0.2, -0.15) is 0 Å². The maximum absolute atomic E-state index is 11.6. The summed E-state index contributed by atoms with van der Waals surface area (Å²) in [6.07, 6.45) is 0. The lowest BCUT2D eigenvalue weighted by Crippen LogP contribution is -2.29. The molecular weight excluding hydrogens is 416 g/mol. The maximum atomic E-state index is 11.6. The molecule has 2 heteroatoms. The topological polar surface area (TPSA) is 37.3 Å². The van der Waals surface area contributed by atoms with Crippen LogP contribution in [0.3, 0.4) is 0 Å². The zero-order valence-electron chi connectivity index (χ0n) is 19.2. The number of aromatic carboxylic acids is 1. The highest BCUT2D eigenvalue weighted by Gasteiger charge is 2.47. The van der Waals surface area contributed by atoms with Crippen molar-refractivity contribution in [2.24, 2.45) is 0 Å². The summed E-state index contributed by atoms with van der Waals surface area (Å²) in [6, 6.07) is 35.7. The maximum Gasteiger partial charge on any atom is 0.335 e. The third-order valence-corrected chi connectivity index (χ3v) is 7.28. The van der Waals surface area contributed by atoms with Gasteiger partial charge in [0.15, 0.2) is 0 Å². The normalized spacial score (nSPS) is 16.3. The van der Waals surface area contributed by atoms with E-state index in [9.17, 15) is 9.90 Å². The molecule has 1 N–H and O–H groups in total. The Morgan fingerprint density at radius 2 is 1.32 bits per heavy atom. The highest BCUT2D eigenvalue weighted by Crippen LogP contribution is 2.58. The molecule has 0 saturated carbocycles. The van der Waals surface area contributed by atoms with Crippen LogP contribution in [0.1, 0.15) is 43.7 Å². The van der Waals surface area contributed by atoms with E-state index >= 15 is 0 Å². The highest BCUT2D eigenvalue weighted by molar-refractivity contribution is 6.05. The minimum absolute atomic E-state index is 0.296. The standard InChI is InChI=1S/C32H24O2/c1-20-12-17-27-28(18-20)32(23-8-4-3-5-9-23,24-15-13-22(14-16-24)31(33)34)29-19-21(2)25-10-6-7-11-26(25)30(27)29/h3-19H,1-2H3,(H,33,34). The summed E-state index contributed by atoms with van der Waals surface area (Å²) < 4.78 is 0. The summed E-state index contributed by atoms with van der Waals surface area (Å²) in [5.41, 5.74) is 9.45. The van der Waals surface area contributed by atoms with Crippen LogP contribution in [0.15, 0.2) is 103 Å². The average Bonchev–Trinajstić information content (AvgIpc) is 3.15. The Morgan fingerprint density at radius 1 is 0.676 bits per heavy atom. The zero-order valence-corrected chi connectivity index (χ0v) is 19.2. The van der Waals surface area contributed by atoms with Gasteiger partial charge in [0.25, 0.3) is 0 Å². The second-order valence-electron chi connectivity index (χ2n) is 9.21. The molecule has 6 rings (SSSR count). The summed E-state index contributed by atoms with van der Waals surface area (Å²) >= 11 is 0. The SMILES string of the molecule is Cc1ccc2c(c1)C(c1ccccc1)(c1ccc(C(=O)O)cc1)c1cc(C)c3ccccc3c1-2. The highest BCUT2D eigenvalue weighted by atomic mass is 16.4. The van der Waals surface area contributed by atoms with Crippen LogP contribution in [0, 0.1) is 13.8 Å². The van der Waals surface area contributed by atoms with Crippen LogP contribution in [-0.2, 0) is 5.41 Å². The number of benzene rings is 5. The van der Waals surface area contributed by atoms with Crippen LogP contribution in [0.4, 0.5) is 0 Å². The van der Waals surface area contributed by atoms with E-state index in [1.807, 2.05) is 18.2 Å². The smallest absolute Gasteiger partial charge is 0.335 e. The first kappa shape index (κ1) is 20.4. The van der Waals surface area contributed by atoms with Crippen molar-refractivity contribution in [1.82, 2.24) is 0 Å². The largest absolute Gasteiger partial charge is 0.478 e. The van der Waals surface area contributed by atoms with Crippen molar-refractivity contribution in [2.45, 2.75) is 19.3 Å². The molecule has 1 aliphatic rings. The van der Waals surface area contributed by atoms with E-state index in [4.69, 9.17) is 0 Å². The molecule has 34 heavy (non-hydrogen) atoms.